The normalized spacial score (nSPS) is 22.5. The van der Waals surface area contributed by atoms with Gasteiger partial charge in [-0.15, -0.1) is 10.2 Å². The van der Waals surface area contributed by atoms with Crippen molar-refractivity contribution in [2.45, 2.75) is 24.8 Å². The zero-order valence-corrected chi connectivity index (χ0v) is 12.2. The molecule has 0 aromatic carbocycles. The maximum atomic E-state index is 12.9. The third-order valence-corrected chi connectivity index (χ3v) is 4.95. The molecule has 110 valence electrons. The molecule has 2 fully saturated rings. The van der Waals surface area contributed by atoms with E-state index in [1.807, 2.05) is 4.90 Å². The summed E-state index contributed by atoms with van der Waals surface area (Å²) in [6.07, 6.45) is 3.83. The summed E-state index contributed by atoms with van der Waals surface area (Å²) >= 11 is 1.80. The maximum absolute atomic E-state index is 12.9. The highest BCUT2D eigenvalue weighted by Gasteiger charge is 2.36. The first-order valence-electron chi connectivity index (χ1n) is 7.04. The first kappa shape index (κ1) is 12.9. The Labute approximate surface area is 125 Å². The van der Waals surface area contributed by atoms with Crippen molar-refractivity contribution >= 4 is 17.7 Å². The third kappa shape index (κ3) is 2.33. The van der Waals surface area contributed by atoms with Crippen LogP contribution in [0.1, 0.15) is 46.7 Å². The van der Waals surface area contributed by atoms with E-state index in [0.29, 0.717) is 23.9 Å². The van der Waals surface area contributed by atoms with Gasteiger partial charge in [0.1, 0.15) is 11.8 Å². The highest BCUT2D eigenvalue weighted by atomic mass is 32.2. The number of H-pyrrole nitrogens is 1. The van der Waals surface area contributed by atoms with Gasteiger partial charge in [0.15, 0.2) is 5.82 Å². The predicted molar refractivity (Wildman–Crippen MR) is 76.0 cm³/mol. The SMILES string of the molecule is O=C(c1ccoc1C1CC1)N1CCSCC1c1nn[nH]n1. The number of nitrogens with zero attached hydrogens (tertiary/aromatic N) is 4. The fourth-order valence-electron chi connectivity index (χ4n) is 2.69. The highest BCUT2D eigenvalue weighted by molar-refractivity contribution is 7.99. The summed E-state index contributed by atoms with van der Waals surface area (Å²) in [6, 6.07) is 1.65. The van der Waals surface area contributed by atoms with Crippen LogP contribution >= 0.6 is 11.8 Å². The minimum atomic E-state index is -0.128. The Balaban J connectivity index is 1.63. The van der Waals surface area contributed by atoms with Gasteiger partial charge < -0.3 is 9.32 Å². The molecule has 0 spiro atoms. The molecule has 1 saturated heterocycles. The van der Waals surface area contributed by atoms with Crippen LogP contribution in [0.2, 0.25) is 0 Å². The van der Waals surface area contributed by atoms with Gasteiger partial charge in [-0.25, -0.2) is 0 Å². The Bertz CT molecular complexity index is 637. The fraction of sp³-hybridized carbons (Fsp3) is 0.538. The molecule has 1 atom stereocenters. The monoisotopic (exact) mass is 305 g/mol. The summed E-state index contributed by atoms with van der Waals surface area (Å²) in [5.74, 6) is 3.57. The number of aromatic amines is 1. The van der Waals surface area contributed by atoms with Gasteiger partial charge in [0.2, 0.25) is 0 Å². The first-order valence-corrected chi connectivity index (χ1v) is 8.19. The number of amides is 1. The zero-order valence-electron chi connectivity index (χ0n) is 11.4. The van der Waals surface area contributed by atoms with E-state index in [1.54, 1.807) is 24.1 Å². The number of thioether (sulfide) groups is 1. The molecule has 0 radical (unpaired) electrons. The number of nitrogens with one attached hydrogen (secondary N) is 1. The minimum absolute atomic E-state index is 0.0146. The number of rotatable bonds is 3. The van der Waals surface area contributed by atoms with E-state index in [1.165, 1.54) is 0 Å². The van der Waals surface area contributed by atoms with Gasteiger partial charge >= 0.3 is 0 Å². The highest BCUT2D eigenvalue weighted by Crippen LogP contribution is 2.42. The van der Waals surface area contributed by atoms with Crippen molar-refractivity contribution in [1.29, 1.82) is 0 Å². The lowest BCUT2D eigenvalue weighted by Crippen LogP contribution is -2.41. The summed E-state index contributed by atoms with van der Waals surface area (Å²) in [6.45, 7) is 0.692. The Morgan fingerprint density at radius 2 is 2.38 bits per heavy atom. The van der Waals surface area contributed by atoms with Crippen LogP contribution in [-0.4, -0.2) is 49.5 Å². The summed E-state index contributed by atoms with van der Waals surface area (Å²) in [5, 5.41) is 14.2. The number of carbonyl (C=O) groups excluding carboxylic acids is 1. The van der Waals surface area contributed by atoms with E-state index < -0.39 is 0 Å². The van der Waals surface area contributed by atoms with Crippen molar-refractivity contribution in [2.24, 2.45) is 0 Å². The van der Waals surface area contributed by atoms with Crippen LogP contribution in [0.5, 0.6) is 0 Å². The van der Waals surface area contributed by atoms with Gasteiger partial charge in [-0.05, 0) is 18.9 Å². The second-order valence-electron chi connectivity index (χ2n) is 5.33. The third-order valence-electron chi connectivity index (χ3n) is 3.92. The Morgan fingerprint density at radius 3 is 3.14 bits per heavy atom. The molecule has 1 N–H and O–H groups in total. The Hall–Kier alpha value is -1.83. The van der Waals surface area contributed by atoms with Gasteiger partial charge in [0.25, 0.3) is 5.91 Å². The van der Waals surface area contributed by atoms with Crippen molar-refractivity contribution in [3.05, 3.63) is 29.5 Å². The molecular weight excluding hydrogens is 290 g/mol. The number of carbonyl (C=O) groups is 1. The molecular formula is C13H15N5O2S. The van der Waals surface area contributed by atoms with Crippen molar-refractivity contribution in [3.63, 3.8) is 0 Å². The minimum Gasteiger partial charge on any atom is -0.468 e. The summed E-state index contributed by atoms with van der Waals surface area (Å²) < 4.78 is 5.52. The lowest BCUT2D eigenvalue weighted by molar-refractivity contribution is 0.0692. The zero-order chi connectivity index (χ0) is 14.2. The molecule has 0 bridgehead atoms. The number of aromatic nitrogens is 4. The number of hydrogen-bond acceptors (Lipinski definition) is 6. The second-order valence-corrected chi connectivity index (χ2v) is 6.48. The Morgan fingerprint density at radius 1 is 1.48 bits per heavy atom. The van der Waals surface area contributed by atoms with Crippen LogP contribution in [0.15, 0.2) is 16.7 Å². The molecule has 4 rings (SSSR count). The number of furan rings is 1. The standard InChI is InChI=1S/C13H15N5O2S/c19-13(9-3-5-20-11(9)8-1-2-8)18-4-6-21-7-10(18)12-14-16-17-15-12/h3,5,8,10H,1-2,4,6-7H2,(H,14,15,16,17). The average molecular weight is 305 g/mol. The Kier molecular flexibility index (Phi) is 3.17. The number of hydrogen-bond donors (Lipinski definition) is 1. The molecule has 3 heterocycles. The molecule has 1 saturated carbocycles. The fourth-order valence-corrected chi connectivity index (χ4v) is 3.73. The molecule has 1 aliphatic carbocycles. The number of tetrazole rings is 1. The van der Waals surface area contributed by atoms with Crippen LogP contribution in [0.3, 0.4) is 0 Å². The summed E-state index contributed by atoms with van der Waals surface area (Å²) in [4.78, 5) is 14.7. The molecule has 21 heavy (non-hydrogen) atoms. The van der Waals surface area contributed by atoms with E-state index in [2.05, 4.69) is 20.6 Å². The van der Waals surface area contributed by atoms with Gasteiger partial charge in [0.05, 0.1) is 11.8 Å². The van der Waals surface area contributed by atoms with E-state index in [0.717, 1.165) is 30.1 Å². The molecule has 2 aliphatic rings. The topological polar surface area (TPSA) is 87.9 Å². The molecule has 2 aromatic heterocycles. The average Bonchev–Trinajstić information content (AvgIpc) is 3.05. The predicted octanol–water partition coefficient (Wildman–Crippen LogP) is 1.60. The van der Waals surface area contributed by atoms with Gasteiger partial charge in [0, 0.05) is 24.0 Å². The van der Waals surface area contributed by atoms with Crippen LogP contribution in [0.4, 0.5) is 0 Å². The van der Waals surface area contributed by atoms with Gasteiger partial charge in [-0.1, -0.05) is 5.21 Å². The van der Waals surface area contributed by atoms with Crippen molar-refractivity contribution < 1.29 is 9.21 Å². The van der Waals surface area contributed by atoms with Crippen molar-refractivity contribution in [3.8, 4) is 0 Å². The molecule has 2 aromatic rings. The largest absolute Gasteiger partial charge is 0.468 e. The van der Waals surface area contributed by atoms with Crippen molar-refractivity contribution in [2.75, 3.05) is 18.1 Å². The van der Waals surface area contributed by atoms with E-state index in [-0.39, 0.29) is 11.9 Å². The first-order chi connectivity index (χ1) is 10.3. The van der Waals surface area contributed by atoms with Crippen LogP contribution in [0, 0.1) is 0 Å². The molecule has 1 aliphatic heterocycles. The molecule has 8 heteroatoms. The molecule has 1 amide bonds. The smallest absolute Gasteiger partial charge is 0.258 e. The van der Waals surface area contributed by atoms with E-state index in [4.69, 9.17) is 4.42 Å². The van der Waals surface area contributed by atoms with Gasteiger partial charge in [-0.3, -0.25) is 4.79 Å². The quantitative estimate of drug-likeness (QED) is 0.926. The van der Waals surface area contributed by atoms with E-state index in [9.17, 15) is 4.79 Å². The van der Waals surface area contributed by atoms with Crippen molar-refractivity contribution in [1.82, 2.24) is 25.5 Å². The van der Waals surface area contributed by atoms with Crippen LogP contribution in [-0.2, 0) is 0 Å². The summed E-state index contributed by atoms with van der Waals surface area (Å²) in [7, 11) is 0. The van der Waals surface area contributed by atoms with Gasteiger partial charge in [-0.2, -0.15) is 17.0 Å². The van der Waals surface area contributed by atoms with Crippen LogP contribution < -0.4 is 0 Å². The van der Waals surface area contributed by atoms with Crippen LogP contribution in [0.25, 0.3) is 0 Å². The van der Waals surface area contributed by atoms with E-state index >= 15 is 0 Å². The lowest BCUT2D eigenvalue weighted by Gasteiger charge is -2.33. The summed E-state index contributed by atoms with van der Waals surface area (Å²) in [5.41, 5.74) is 0.692. The molecule has 7 nitrogen and oxygen atoms in total. The maximum Gasteiger partial charge on any atom is 0.258 e. The second kappa shape index (κ2) is 5.18. The molecule has 1 unspecified atom stereocenters. The lowest BCUT2D eigenvalue weighted by atomic mass is 10.1.